The van der Waals surface area contributed by atoms with Gasteiger partial charge in [-0.05, 0) is 12.0 Å². The van der Waals surface area contributed by atoms with E-state index in [0.29, 0.717) is 5.69 Å². The quantitative estimate of drug-likeness (QED) is 0.767. The largest absolute Gasteiger partial charge is 0.311 e. The van der Waals surface area contributed by atoms with E-state index >= 15 is 0 Å². The minimum atomic E-state index is -0.370. The van der Waals surface area contributed by atoms with Crippen LogP contribution in [0, 0.1) is 22.7 Å². The second-order valence-corrected chi connectivity index (χ2v) is 5.53. The third-order valence-electron chi connectivity index (χ3n) is 3.05. The predicted molar refractivity (Wildman–Crippen MR) is 83.1 cm³/mol. The highest BCUT2D eigenvalue weighted by Crippen LogP contribution is 2.14. The summed E-state index contributed by atoms with van der Waals surface area (Å²) in [6, 6.07) is 13.8. The summed E-state index contributed by atoms with van der Waals surface area (Å²) in [5, 5.41) is 20.0. The number of carbonyl (C=O) groups excluding carboxylic acids is 1. The minimum Gasteiger partial charge on any atom is -0.311 e. The highest BCUT2D eigenvalue weighted by molar-refractivity contribution is 7.09. The first-order chi connectivity index (χ1) is 10.7. The first kappa shape index (κ1) is 15.7. The predicted octanol–water partition coefficient (Wildman–Crippen LogP) is 2.42. The second-order valence-electron chi connectivity index (χ2n) is 4.59. The van der Waals surface area contributed by atoms with Crippen molar-refractivity contribution in [3.63, 3.8) is 0 Å². The topological polar surface area (TPSA) is 80.8 Å². The zero-order valence-corrected chi connectivity index (χ0v) is 12.7. The van der Waals surface area contributed by atoms with Crippen molar-refractivity contribution in [2.24, 2.45) is 0 Å². The molecule has 0 bridgehead atoms. The maximum Gasteiger partial charge on any atom is 0.275 e. The van der Waals surface area contributed by atoms with Crippen molar-refractivity contribution in [1.29, 1.82) is 10.5 Å². The van der Waals surface area contributed by atoms with Gasteiger partial charge in [-0.1, -0.05) is 30.3 Å². The Kier molecular flexibility index (Phi) is 5.65. The van der Waals surface area contributed by atoms with E-state index in [1.54, 1.807) is 5.38 Å². The second kappa shape index (κ2) is 7.92. The highest BCUT2D eigenvalue weighted by atomic mass is 32.1. The summed E-state index contributed by atoms with van der Waals surface area (Å²) in [7, 11) is 0. The fourth-order valence-electron chi connectivity index (χ4n) is 1.95. The zero-order valence-electron chi connectivity index (χ0n) is 11.9. The van der Waals surface area contributed by atoms with Gasteiger partial charge < -0.3 is 4.90 Å². The van der Waals surface area contributed by atoms with Gasteiger partial charge >= 0.3 is 0 Å². The molecule has 0 N–H and O–H groups in total. The van der Waals surface area contributed by atoms with Gasteiger partial charge in [0.15, 0.2) is 0 Å². The molecule has 0 aliphatic heterocycles. The van der Waals surface area contributed by atoms with Crippen LogP contribution in [-0.2, 0) is 12.8 Å². The molecule has 2 aromatic rings. The van der Waals surface area contributed by atoms with E-state index in [9.17, 15) is 4.79 Å². The SMILES string of the molecule is N#CCN(CC#N)C(=O)c1csc(CCc2ccccc2)n1. The van der Waals surface area contributed by atoms with Crippen LogP contribution in [0.4, 0.5) is 0 Å². The number of thiazole rings is 1. The lowest BCUT2D eigenvalue weighted by molar-refractivity contribution is 0.0789. The van der Waals surface area contributed by atoms with Gasteiger partial charge in [0.2, 0.25) is 0 Å². The molecule has 0 spiro atoms. The Hall–Kier alpha value is -2.70. The first-order valence-corrected chi connectivity index (χ1v) is 7.64. The van der Waals surface area contributed by atoms with Crippen molar-refractivity contribution in [2.75, 3.05) is 13.1 Å². The molecule has 1 heterocycles. The molecule has 0 saturated heterocycles. The Morgan fingerprint density at radius 1 is 1.14 bits per heavy atom. The molecule has 0 aliphatic rings. The van der Waals surface area contributed by atoms with Crippen molar-refractivity contribution in [1.82, 2.24) is 9.88 Å². The van der Waals surface area contributed by atoms with Crippen molar-refractivity contribution in [2.45, 2.75) is 12.8 Å². The molecule has 0 aliphatic carbocycles. The molecule has 0 unspecified atom stereocenters. The molecule has 0 atom stereocenters. The monoisotopic (exact) mass is 310 g/mol. The van der Waals surface area contributed by atoms with Crippen molar-refractivity contribution in [3.05, 3.63) is 52.0 Å². The molecule has 0 saturated carbocycles. The van der Waals surface area contributed by atoms with Gasteiger partial charge in [-0.25, -0.2) is 4.98 Å². The summed E-state index contributed by atoms with van der Waals surface area (Å²) in [5.41, 5.74) is 1.53. The van der Waals surface area contributed by atoms with Gasteiger partial charge in [0.25, 0.3) is 5.91 Å². The molecule has 0 radical (unpaired) electrons. The first-order valence-electron chi connectivity index (χ1n) is 6.76. The number of nitrogens with zero attached hydrogens (tertiary/aromatic N) is 4. The van der Waals surface area contributed by atoms with Crippen LogP contribution in [0.5, 0.6) is 0 Å². The lowest BCUT2D eigenvalue weighted by Crippen LogP contribution is -2.32. The molecule has 110 valence electrons. The van der Waals surface area contributed by atoms with E-state index < -0.39 is 0 Å². The molecular formula is C16H14N4OS. The van der Waals surface area contributed by atoms with Crippen LogP contribution >= 0.6 is 11.3 Å². The Labute approximate surface area is 133 Å². The van der Waals surface area contributed by atoms with Crippen LogP contribution in [0.25, 0.3) is 0 Å². The zero-order chi connectivity index (χ0) is 15.8. The number of amides is 1. The van der Waals surface area contributed by atoms with Crippen molar-refractivity contribution < 1.29 is 4.79 Å². The Bertz CT molecular complexity index is 696. The maximum atomic E-state index is 12.2. The van der Waals surface area contributed by atoms with Gasteiger partial charge in [-0.2, -0.15) is 10.5 Å². The molecule has 1 amide bonds. The Balaban J connectivity index is 2.00. The van der Waals surface area contributed by atoms with Crippen LogP contribution in [-0.4, -0.2) is 28.9 Å². The number of aromatic nitrogens is 1. The molecule has 0 fully saturated rings. The van der Waals surface area contributed by atoms with Crippen LogP contribution < -0.4 is 0 Å². The summed E-state index contributed by atoms with van der Waals surface area (Å²) in [6.45, 7) is -0.216. The van der Waals surface area contributed by atoms with E-state index in [2.05, 4.69) is 17.1 Å². The lowest BCUT2D eigenvalue weighted by Gasteiger charge is -2.13. The van der Waals surface area contributed by atoms with Gasteiger partial charge in [0.1, 0.15) is 18.8 Å². The fourth-order valence-corrected chi connectivity index (χ4v) is 2.72. The van der Waals surface area contributed by atoms with Crippen LogP contribution in [0.2, 0.25) is 0 Å². The normalized spacial score (nSPS) is 9.73. The molecule has 5 nitrogen and oxygen atoms in total. The van der Waals surface area contributed by atoms with Crippen LogP contribution in [0.15, 0.2) is 35.7 Å². The lowest BCUT2D eigenvalue weighted by atomic mass is 10.1. The summed E-state index contributed by atoms with van der Waals surface area (Å²) in [6.07, 6.45) is 1.63. The number of benzene rings is 1. The summed E-state index contributed by atoms with van der Waals surface area (Å²) >= 11 is 1.43. The minimum absolute atomic E-state index is 0.108. The smallest absolute Gasteiger partial charge is 0.275 e. The van der Waals surface area contributed by atoms with Gasteiger partial charge in [-0.15, -0.1) is 11.3 Å². The third kappa shape index (κ3) is 4.15. The number of rotatable bonds is 6. The number of nitriles is 2. The van der Waals surface area contributed by atoms with E-state index in [-0.39, 0.29) is 19.0 Å². The highest BCUT2D eigenvalue weighted by Gasteiger charge is 2.18. The number of hydrogen-bond acceptors (Lipinski definition) is 5. The molecule has 6 heteroatoms. The fraction of sp³-hybridized carbons (Fsp3) is 0.250. The summed E-state index contributed by atoms with van der Waals surface area (Å²) in [5.74, 6) is -0.370. The van der Waals surface area contributed by atoms with E-state index in [1.165, 1.54) is 21.8 Å². The van der Waals surface area contributed by atoms with E-state index in [4.69, 9.17) is 10.5 Å². The Morgan fingerprint density at radius 3 is 2.45 bits per heavy atom. The molecule has 1 aromatic heterocycles. The van der Waals surface area contributed by atoms with Gasteiger partial charge in [0.05, 0.1) is 17.1 Å². The molecule has 22 heavy (non-hydrogen) atoms. The van der Waals surface area contributed by atoms with Crippen molar-refractivity contribution in [3.8, 4) is 12.1 Å². The van der Waals surface area contributed by atoms with Gasteiger partial charge in [0, 0.05) is 11.8 Å². The van der Waals surface area contributed by atoms with Crippen molar-refractivity contribution >= 4 is 17.2 Å². The van der Waals surface area contributed by atoms with Crippen LogP contribution in [0.3, 0.4) is 0 Å². The molecule has 1 aromatic carbocycles. The average Bonchev–Trinajstić information content (AvgIpc) is 3.02. The average molecular weight is 310 g/mol. The number of carbonyl (C=O) groups is 1. The van der Waals surface area contributed by atoms with Gasteiger partial charge in [-0.3, -0.25) is 4.79 Å². The number of aryl methyl sites for hydroxylation is 2. The molecular weight excluding hydrogens is 296 g/mol. The van der Waals surface area contributed by atoms with Crippen LogP contribution in [0.1, 0.15) is 21.1 Å². The number of hydrogen-bond donors (Lipinski definition) is 0. The van der Waals surface area contributed by atoms with E-state index in [0.717, 1.165) is 17.8 Å². The standard InChI is InChI=1S/C16H14N4OS/c17-8-10-20(11-9-18)16(21)14-12-22-15(19-14)7-6-13-4-2-1-3-5-13/h1-5,12H,6-7,10-11H2. The summed E-state index contributed by atoms with van der Waals surface area (Å²) in [4.78, 5) is 17.7. The molecule has 2 rings (SSSR count). The summed E-state index contributed by atoms with van der Waals surface area (Å²) < 4.78 is 0. The maximum absolute atomic E-state index is 12.2. The third-order valence-corrected chi connectivity index (χ3v) is 3.96. The Morgan fingerprint density at radius 2 is 1.82 bits per heavy atom. The van der Waals surface area contributed by atoms with E-state index in [1.807, 2.05) is 30.3 Å².